The monoisotopic (exact) mass is 374 g/mol. The summed E-state index contributed by atoms with van der Waals surface area (Å²) in [5.41, 5.74) is 0. The smallest absolute Gasteiger partial charge is 0.326 e. The van der Waals surface area contributed by atoms with Crippen LogP contribution >= 0.6 is 21.6 Å². The number of carboxylic acid groups (broad SMARTS) is 1. The van der Waals surface area contributed by atoms with Crippen LogP contribution in [-0.4, -0.2) is 59.4 Å². The number of ketones is 2. The summed E-state index contributed by atoms with van der Waals surface area (Å²) in [5.74, 6) is -0.998. The van der Waals surface area contributed by atoms with Crippen molar-refractivity contribution in [2.24, 2.45) is 4.99 Å². The summed E-state index contributed by atoms with van der Waals surface area (Å²) in [6.45, 7) is 6.53. The summed E-state index contributed by atoms with van der Waals surface area (Å²) in [6.07, 6.45) is 2.46. The number of aliphatic carboxylic acids is 1. The van der Waals surface area contributed by atoms with Gasteiger partial charge in [-0.3, -0.25) is 19.4 Å². The van der Waals surface area contributed by atoms with Gasteiger partial charge in [-0.1, -0.05) is 28.2 Å². The standard InChI is InChI=1S/C15H22N2O5S2/c1-3-11(18)5-4-8-23-24-10-14(20)17-13(15(21)22)7-6-12(19)9-16-2/h3,13H,1-2,4-10H2,(H,17,20)(H,21,22). The molecule has 0 aliphatic rings. The zero-order valence-corrected chi connectivity index (χ0v) is 15.0. The van der Waals surface area contributed by atoms with Crippen LogP contribution in [0.3, 0.4) is 0 Å². The molecule has 1 atom stereocenters. The van der Waals surface area contributed by atoms with Crippen molar-refractivity contribution in [3.63, 3.8) is 0 Å². The highest BCUT2D eigenvalue weighted by Crippen LogP contribution is 2.22. The van der Waals surface area contributed by atoms with Gasteiger partial charge in [0.15, 0.2) is 11.6 Å². The lowest BCUT2D eigenvalue weighted by Gasteiger charge is -2.13. The number of hydrogen-bond donors (Lipinski definition) is 2. The summed E-state index contributed by atoms with van der Waals surface area (Å²) in [7, 11) is 2.73. The molecule has 0 bridgehead atoms. The van der Waals surface area contributed by atoms with Crippen LogP contribution in [-0.2, 0) is 19.2 Å². The van der Waals surface area contributed by atoms with Crippen LogP contribution in [0.1, 0.15) is 25.7 Å². The molecule has 0 spiro atoms. The average molecular weight is 374 g/mol. The maximum Gasteiger partial charge on any atom is 0.326 e. The second-order valence-electron chi connectivity index (χ2n) is 4.78. The van der Waals surface area contributed by atoms with Gasteiger partial charge in [-0.25, -0.2) is 4.79 Å². The molecule has 1 unspecified atom stereocenters. The minimum absolute atomic E-state index is 0.0103. The van der Waals surface area contributed by atoms with Crippen LogP contribution in [0, 0.1) is 0 Å². The highest BCUT2D eigenvalue weighted by Gasteiger charge is 2.20. The van der Waals surface area contributed by atoms with E-state index < -0.39 is 17.9 Å². The second-order valence-corrected chi connectivity index (χ2v) is 7.36. The van der Waals surface area contributed by atoms with Gasteiger partial charge in [0.2, 0.25) is 5.91 Å². The van der Waals surface area contributed by atoms with Gasteiger partial charge in [0, 0.05) is 18.6 Å². The van der Waals surface area contributed by atoms with Crippen molar-refractivity contribution in [1.29, 1.82) is 0 Å². The van der Waals surface area contributed by atoms with Crippen LogP contribution in [0.25, 0.3) is 0 Å². The predicted octanol–water partition coefficient (Wildman–Crippen LogP) is 1.52. The highest BCUT2D eigenvalue weighted by atomic mass is 33.1. The van der Waals surface area contributed by atoms with E-state index in [4.69, 9.17) is 5.11 Å². The molecule has 0 rings (SSSR count). The third-order valence-electron chi connectivity index (χ3n) is 2.79. The zero-order chi connectivity index (χ0) is 18.4. The Kier molecular flexibility index (Phi) is 12.9. The Bertz CT molecular complexity index is 482. The summed E-state index contributed by atoms with van der Waals surface area (Å²) >= 11 is 0. The third kappa shape index (κ3) is 11.9. The molecule has 0 aromatic rings. The van der Waals surface area contributed by atoms with E-state index in [2.05, 4.69) is 23.6 Å². The van der Waals surface area contributed by atoms with Gasteiger partial charge in [0.1, 0.15) is 6.04 Å². The van der Waals surface area contributed by atoms with Gasteiger partial charge in [-0.05, 0) is 25.6 Å². The lowest BCUT2D eigenvalue weighted by molar-refractivity contribution is -0.141. The number of carboxylic acids is 1. The fourth-order valence-corrected chi connectivity index (χ4v) is 3.50. The van der Waals surface area contributed by atoms with Crippen molar-refractivity contribution < 1.29 is 24.3 Å². The molecular weight excluding hydrogens is 352 g/mol. The molecule has 24 heavy (non-hydrogen) atoms. The Hall–Kier alpha value is -1.61. The van der Waals surface area contributed by atoms with Gasteiger partial charge in [0.25, 0.3) is 0 Å². The number of hydrogen-bond acceptors (Lipinski definition) is 7. The van der Waals surface area contributed by atoms with Gasteiger partial charge >= 0.3 is 5.97 Å². The minimum atomic E-state index is -1.18. The number of carbonyl (C=O) groups is 4. The molecule has 0 fully saturated rings. The molecule has 0 saturated carbocycles. The first-order valence-electron chi connectivity index (χ1n) is 7.26. The number of nitrogens with zero attached hydrogens (tertiary/aromatic N) is 1. The lowest BCUT2D eigenvalue weighted by atomic mass is 10.1. The van der Waals surface area contributed by atoms with Gasteiger partial charge in [0.05, 0.1) is 12.3 Å². The van der Waals surface area contributed by atoms with Crippen LogP contribution in [0.2, 0.25) is 0 Å². The topological polar surface area (TPSA) is 113 Å². The van der Waals surface area contributed by atoms with Crippen molar-refractivity contribution in [3.8, 4) is 0 Å². The van der Waals surface area contributed by atoms with Gasteiger partial charge in [-0.15, -0.1) is 0 Å². The van der Waals surface area contributed by atoms with E-state index in [0.29, 0.717) is 18.6 Å². The molecule has 0 heterocycles. The number of allylic oxidation sites excluding steroid dienone is 1. The van der Waals surface area contributed by atoms with E-state index in [1.165, 1.54) is 27.7 Å². The first-order chi connectivity index (χ1) is 11.4. The Morgan fingerprint density at radius 2 is 1.92 bits per heavy atom. The van der Waals surface area contributed by atoms with Gasteiger partial charge < -0.3 is 10.4 Å². The van der Waals surface area contributed by atoms with Crippen molar-refractivity contribution in [1.82, 2.24) is 5.32 Å². The molecular formula is C15H22N2O5S2. The predicted molar refractivity (Wildman–Crippen MR) is 97.6 cm³/mol. The highest BCUT2D eigenvalue weighted by molar-refractivity contribution is 8.76. The molecule has 134 valence electrons. The molecule has 0 aromatic heterocycles. The molecule has 9 heteroatoms. The summed E-state index contributed by atoms with van der Waals surface area (Å²) in [6, 6.07) is -1.10. The lowest BCUT2D eigenvalue weighted by Crippen LogP contribution is -2.41. The Morgan fingerprint density at radius 3 is 2.50 bits per heavy atom. The number of rotatable bonds is 15. The minimum Gasteiger partial charge on any atom is -0.480 e. The maximum atomic E-state index is 11.7. The number of nitrogens with one attached hydrogen (secondary N) is 1. The Morgan fingerprint density at radius 1 is 1.21 bits per heavy atom. The molecule has 7 nitrogen and oxygen atoms in total. The zero-order valence-electron chi connectivity index (χ0n) is 13.4. The van der Waals surface area contributed by atoms with Gasteiger partial charge in [-0.2, -0.15) is 0 Å². The average Bonchev–Trinajstić information content (AvgIpc) is 2.54. The summed E-state index contributed by atoms with van der Waals surface area (Å²) < 4.78 is 0. The molecule has 1 amide bonds. The van der Waals surface area contributed by atoms with Crippen molar-refractivity contribution in [3.05, 3.63) is 12.7 Å². The normalized spacial score (nSPS) is 11.3. The van der Waals surface area contributed by atoms with E-state index in [-0.39, 0.29) is 36.7 Å². The fourth-order valence-electron chi connectivity index (χ4n) is 1.56. The van der Waals surface area contributed by atoms with Crippen LogP contribution in [0.15, 0.2) is 17.6 Å². The quantitative estimate of drug-likeness (QED) is 0.193. The summed E-state index contributed by atoms with van der Waals surface area (Å²) in [4.78, 5) is 48.6. The number of aliphatic imine (C=N–C) groups is 1. The second kappa shape index (κ2) is 13.8. The van der Waals surface area contributed by atoms with Crippen molar-refractivity contribution in [2.45, 2.75) is 31.7 Å². The van der Waals surface area contributed by atoms with Crippen molar-refractivity contribution in [2.75, 3.05) is 18.1 Å². The van der Waals surface area contributed by atoms with E-state index >= 15 is 0 Å². The van der Waals surface area contributed by atoms with E-state index in [1.54, 1.807) is 0 Å². The van der Waals surface area contributed by atoms with Crippen LogP contribution < -0.4 is 5.32 Å². The van der Waals surface area contributed by atoms with E-state index in [1.807, 2.05) is 0 Å². The Labute approximate surface area is 149 Å². The molecule has 0 radical (unpaired) electrons. The number of Topliss-reactive ketones (excluding diaryl/α,β-unsaturated/α-hetero) is 1. The third-order valence-corrected chi connectivity index (χ3v) is 5.14. The number of amides is 1. The van der Waals surface area contributed by atoms with Crippen LogP contribution in [0.4, 0.5) is 0 Å². The SMILES string of the molecule is C=CC(=O)CCCSSCC(=O)NC(CCC(=O)CN=C)C(=O)O. The van der Waals surface area contributed by atoms with E-state index in [0.717, 1.165) is 0 Å². The fraction of sp³-hybridized carbons (Fsp3) is 0.533. The van der Waals surface area contributed by atoms with Crippen molar-refractivity contribution >= 4 is 51.7 Å². The summed E-state index contributed by atoms with van der Waals surface area (Å²) in [5, 5.41) is 11.5. The largest absolute Gasteiger partial charge is 0.480 e. The molecule has 0 aromatic carbocycles. The molecule has 2 N–H and O–H groups in total. The molecule has 0 aliphatic heterocycles. The van der Waals surface area contributed by atoms with E-state index in [9.17, 15) is 19.2 Å². The number of carbonyl (C=O) groups excluding carboxylic acids is 3. The first-order valence-corrected chi connectivity index (χ1v) is 9.75. The van der Waals surface area contributed by atoms with Crippen LogP contribution in [0.5, 0.6) is 0 Å². The molecule has 0 saturated heterocycles. The molecule has 0 aliphatic carbocycles. The first kappa shape index (κ1) is 22.4. The Balaban J connectivity index is 3.96. The maximum absolute atomic E-state index is 11.7.